The molecule has 25 heavy (non-hydrogen) atoms. The van der Waals surface area contributed by atoms with Crippen molar-refractivity contribution < 1.29 is 24.6 Å². The number of hydrogen-bond donors (Lipinski definition) is 1. The fraction of sp³-hybridized carbons (Fsp3) is 0.471. The number of nitrogens with zero attached hydrogens (tertiary/aromatic N) is 2. The number of likely N-dealkylation sites (tertiary alicyclic amines) is 1. The summed E-state index contributed by atoms with van der Waals surface area (Å²) in [7, 11) is 0. The molecular formula is C17H22N2O6. The highest BCUT2D eigenvalue weighted by atomic mass is 16.9. The van der Waals surface area contributed by atoms with Crippen molar-refractivity contribution in [3.05, 3.63) is 46.0 Å². The van der Waals surface area contributed by atoms with Gasteiger partial charge in [0, 0.05) is 12.6 Å². The molecule has 1 aliphatic rings. The van der Waals surface area contributed by atoms with Crippen molar-refractivity contribution in [1.82, 2.24) is 4.90 Å². The molecule has 0 bridgehead atoms. The molecule has 1 saturated heterocycles. The van der Waals surface area contributed by atoms with Crippen LogP contribution in [0.1, 0.15) is 18.4 Å². The molecule has 1 aromatic rings. The SMILES string of the molecule is O=C(C=Cc1ccc(O)cc1)OCC1CCN(CCO[N+](=O)[O-])CC1. The molecule has 0 radical (unpaired) electrons. The summed E-state index contributed by atoms with van der Waals surface area (Å²) < 4.78 is 5.27. The van der Waals surface area contributed by atoms with Gasteiger partial charge in [-0.3, -0.25) is 0 Å². The average Bonchev–Trinajstić information content (AvgIpc) is 2.60. The molecule has 1 N–H and O–H groups in total. The summed E-state index contributed by atoms with van der Waals surface area (Å²) in [6.45, 7) is 2.61. The summed E-state index contributed by atoms with van der Waals surface area (Å²) in [5, 5.41) is 18.5. The zero-order chi connectivity index (χ0) is 18.1. The Balaban J connectivity index is 1.62. The van der Waals surface area contributed by atoms with Gasteiger partial charge in [0.1, 0.15) is 12.4 Å². The van der Waals surface area contributed by atoms with Gasteiger partial charge in [-0.05, 0) is 55.6 Å². The fourth-order valence-corrected chi connectivity index (χ4v) is 2.62. The van der Waals surface area contributed by atoms with Gasteiger partial charge in [0.25, 0.3) is 5.09 Å². The van der Waals surface area contributed by atoms with Crippen LogP contribution in [0.15, 0.2) is 30.3 Å². The molecule has 1 aromatic carbocycles. The lowest BCUT2D eigenvalue weighted by atomic mass is 9.98. The van der Waals surface area contributed by atoms with E-state index in [0.29, 0.717) is 19.1 Å². The molecule has 1 heterocycles. The normalized spacial score (nSPS) is 16.0. The lowest BCUT2D eigenvalue weighted by Gasteiger charge is -2.31. The Morgan fingerprint density at radius 2 is 2.00 bits per heavy atom. The summed E-state index contributed by atoms with van der Waals surface area (Å²) >= 11 is 0. The number of esters is 1. The maximum atomic E-state index is 11.7. The van der Waals surface area contributed by atoms with Gasteiger partial charge in [-0.2, -0.15) is 0 Å². The molecule has 136 valence electrons. The van der Waals surface area contributed by atoms with Crippen molar-refractivity contribution in [2.45, 2.75) is 12.8 Å². The number of ether oxygens (including phenoxy) is 1. The number of rotatable bonds is 8. The molecule has 0 unspecified atom stereocenters. The third-order valence-electron chi connectivity index (χ3n) is 4.08. The van der Waals surface area contributed by atoms with Crippen LogP contribution in [0, 0.1) is 16.0 Å². The van der Waals surface area contributed by atoms with E-state index in [2.05, 4.69) is 9.74 Å². The molecule has 8 heteroatoms. The quantitative estimate of drug-likeness (QED) is 0.330. The summed E-state index contributed by atoms with van der Waals surface area (Å²) in [6.07, 6.45) is 4.77. The third kappa shape index (κ3) is 7.21. The van der Waals surface area contributed by atoms with Gasteiger partial charge >= 0.3 is 5.97 Å². The van der Waals surface area contributed by atoms with E-state index in [9.17, 15) is 20.0 Å². The Morgan fingerprint density at radius 3 is 2.64 bits per heavy atom. The molecule has 2 rings (SSSR count). The van der Waals surface area contributed by atoms with Gasteiger partial charge in [0.2, 0.25) is 0 Å². The second kappa shape index (κ2) is 9.63. The number of benzene rings is 1. The number of phenols is 1. The molecular weight excluding hydrogens is 328 g/mol. The number of aromatic hydroxyl groups is 1. The number of carbonyl (C=O) groups is 1. The second-order valence-electron chi connectivity index (χ2n) is 5.90. The second-order valence-corrected chi connectivity index (χ2v) is 5.90. The van der Waals surface area contributed by atoms with Gasteiger partial charge in [-0.15, -0.1) is 10.1 Å². The zero-order valence-corrected chi connectivity index (χ0v) is 13.9. The minimum Gasteiger partial charge on any atom is -0.508 e. The standard InChI is InChI=1S/C17H22N2O6/c20-16-4-1-14(2-5-16)3-6-17(21)24-13-15-7-9-18(10-8-15)11-12-25-19(22)23/h1-6,15,20H,7-13H2. The fourth-order valence-electron chi connectivity index (χ4n) is 2.62. The van der Waals surface area contributed by atoms with E-state index in [1.807, 2.05) is 0 Å². The summed E-state index contributed by atoms with van der Waals surface area (Å²) in [5.74, 6) is 0.0876. The minimum atomic E-state index is -0.780. The molecule has 0 aromatic heterocycles. The zero-order valence-electron chi connectivity index (χ0n) is 13.9. The summed E-state index contributed by atoms with van der Waals surface area (Å²) in [5.41, 5.74) is 0.806. The van der Waals surface area contributed by atoms with Crippen LogP contribution in [0.5, 0.6) is 5.75 Å². The maximum Gasteiger partial charge on any atom is 0.330 e. The minimum absolute atomic E-state index is 0.0781. The van der Waals surface area contributed by atoms with E-state index in [-0.39, 0.29) is 12.4 Å². The Labute approximate surface area is 145 Å². The molecule has 0 atom stereocenters. The van der Waals surface area contributed by atoms with Gasteiger partial charge in [-0.1, -0.05) is 12.1 Å². The molecule has 0 amide bonds. The predicted molar refractivity (Wildman–Crippen MR) is 90.2 cm³/mol. The largest absolute Gasteiger partial charge is 0.508 e. The van der Waals surface area contributed by atoms with Crippen molar-refractivity contribution >= 4 is 12.0 Å². The number of carbonyl (C=O) groups excluding carboxylic acids is 1. The predicted octanol–water partition coefficient (Wildman–Crippen LogP) is 1.87. The van der Waals surface area contributed by atoms with Crippen LogP contribution in [-0.2, 0) is 14.4 Å². The van der Waals surface area contributed by atoms with Crippen molar-refractivity contribution in [2.75, 3.05) is 32.8 Å². The molecule has 0 saturated carbocycles. The topological polar surface area (TPSA) is 102 Å². The Hall–Kier alpha value is -2.61. The van der Waals surface area contributed by atoms with E-state index < -0.39 is 11.1 Å². The first-order chi connectivity index (χ1) is 12.0. The number of phenolic OH excluding ortho intramolecular Hbond substituents is 1. The Morgan fingerprint density at radius 1 is 1.32 bits per heavy atom. The van der Waals surface area contributed by atoms with Crippen LogP contribution < -0.4 is 0 Å². The highest BCUT2D eigenvalue weighted by molar-refractivity contribution is 5.87. The lowest BCUT2D eigenvalue weighted by molar-refractivity contribution is -0.757. The smallest absolute Gasteiger partial charge is 0.330 e. The number of piperidine rings is 1. The first kappa shape index (κ1) is 18.7. The molecule has 1 aliphatic heterocycles. The van der Waals surface area contributed by atoms with Crippen LogP contribution in [0.3, 0.4) is 0 Å². The lowest BCUT2D eigenvalue weighted by Crippen LogP contribution is -2.37. The van der Waals surface area contributed by atoms with Gasteiger partial charge < -0.3 is 19.6 Å². The average molecular weight is 350 g/mol. The van der Waals surface area contributed by atoms with E-state index >= 15 is 0 Å². The van der Waals surface area contributed by atoms with E-state index in [1.54, 1.807) is 30.3 Å². The van der Waals surface area contributed by atoms with Gasteiger partial charge in [-0.25, -0.2) is 4.79 Å². The van der Waals surface area contributed by atoms with Crippen LogP contribution in [-0.4, -0.2) is 53.9 Å². The monoisotopic (exact) mass is 350 g/mol. The first-order valence-corrected chi connectivity index (χ1v) is 8.16. The molecule has 8 nitrogen and oxygen atoms in total. The van der Waals surface area contributed by atoms with Gasteiger partial charge in [0.15, 0.2) is 0 Å². The van der Waals surface area contributed by atoms with Crippen molar-refractivity contribution in [2.24, 2.45) is 5.92 Å². The maximum absolute atomic E-state index is 11.7. The first-order valence-electron chi connectivity index (χ1n) is 8.16. The molecule has 0 spiro atoms. The van der Waals surface area contributed by atoms with E-state index in [1.165, 1.54) is 6.08 Å². The van der Waals surface area contributed by atoms with Crippen LogP contribution >= 0.6 is 0 Å². The van der Waals surface area contributed by atoms with Gasteiger partial charge in [0.05, 0.1) is 6.61 Å². The third-order valence-corrected chi connectivity index (χ3v) is 4.08. The molecule has 0 aliphatic carbocycles. The Bertz CT molecular complexity index is 594. The van der Waals surface area contributed by atoms with Crippen molar-refractivity contribution in [3.8, 4) is 5.75 Å². The number of hydrogen-bond acceptors (Lipinski definition) is 7. The van der Waals surface area contributed by atoms with Crippen LogP contribution in [0.2, 0.25) is 0 Å². The molecule has 1 fully saturated rings. The van der Waals surface area contributed by atoms with E-state index in [0.717, 1.165) is 31.5 Å². The summed E-state index contributed by atoms with van der Waals surface area (Å²) in [6, 6.07) is 6.51. The van der Waals surface area contributed by atoms with Crippen molar-refractivity contribution in [3.63, 3.8) is 0 Å². The summed E-state index contributed by atoms with van der Waals surface area (Å²) in [4.78, 5) is 28.3. The Kier molecular flexibility index (Phi) is 7.21. The van der Waals surface area contributed by atoms with Crippen LogP contribution in [0.25, 0.3) is 6.08 Å². The van der Waals surface area contributed by atoms with Crippen molar-refractivity contribution in [1.29, 1.82) is 0 Å². The van der Waals surface area contributed by atoms with E-state index in [4.69, 9.17) is 4.74 Å². The highest BCUT2D eigenvalue weighted by Crippen LogP contribution is 2.17. The highest BCUT2D eigenvalue weighted by Gasteiger charge is 2.20. The van der Waals surface area contributed by atoms with Crippen LogP contribution in [0.4, 0.5) is 0 Å².